The number of esters is 3. The normalized spacial score (nSPS) is 14.2. The molecule has 19 heteroatoms. The standard InChI is InChI=1S/C52H41N7O11S/c1-59(2)36-15-12-34(13-16-36)58-57-33-10-8-30(9-11-33)47(63)54-22-5-23-67-48(64)32(28-53)24-31-6-3-4-7-39(31)49(65)68-38-18-21-43-45(27-38)69-44-26-37(60)17-20-42(44)52(43)41-19-14-35(25-40(41)50(66)70-52)56-51(71)55-29-46(61)62/h3-4,6-21,24-27,60H,5,22-23,29H2,1-2H3,(H,54,63)(H,61,62)(H2,55,56,71)/b32-24+,58-57+. The number of carboxylic acid groups (broad SMARTS) is 1. The zero-order valence-corrected chi connectivity index (χ0v) is 38.6. The van der Waals surface area contributed by atoms with Crippen molar-refractivity contribution in [3.63, 3.8) is 0 Å². The van der Waals surface area contributed by atoms with Crippen molar-refractivity contribution in [2.24, 2.45) is 10.2 Å². The average Bonchev–Trinajstić information content (AvgIpc) is 3.64. The van der Waals surface area contributed by atoms with E-state index in [2.05, 4.69) is 26.2 Å². The van der Waals surface area contributed by atoms with Crippen molar-refractivity contribution in [2.75, 3.05) is 44.0 Å². The Balaban J connectivity index is 0.901. The number of rotatable bonds is 15. The van der Waals surface area contributed by atoms with Crippen LogP contribution in [0.1, 0.15) is 59.7 Å². The summed E-state index contributed by atoms with van der Waals surface area (Å²) < 4.78 is 23.5. The number of phenols is 1. The number of nitrogens with one attached hydrogen (secondary N) is 3. The van der Waals surface area contributed by atoms with E-state index in [1.807, 2.05) is 49.3 Å². The second kappa shape index (κ2) is 20.8. The molecular formula is C52H41N7O11S. The zero-order valence-electron chi connectivity index (χ0n) is 37.8. The highest BCUT2D eigenvalue weighted by atomic mass is 32.1. The number of fused-ring (bicyclic) bond motifs is 6. The summed E-state index contributed by atoms with van der Waals surface area (Å²) in [6, 6.07) is 35.8. The highest BCUT2D eigenvalue weighted by molar-refractivity contribution is 7.80. The Morgan fingerprint density at radius 1 is 0.845 bits per heavy atom. The average molecular weight is 972 g/mol. The number of amides is 1. The number of benzene rings is 6. The summed E-state index contributed by atoms with van der Waals surface area (Å²) in [5.41, 5.74) is 2.68. The molecule has 6 aromatic carbocycles. The van der Waals surface area contributed by atoms with Gasteiger partial charge in [0, 0.05) is 66.4 Å². The number of hydrogen-bond acceptors (Lipinski definition) is 15. The molecular weight excluding hydrogens is 931 g/mol. The third kappa shape index (κ3) is 10.7. The van der Waals surface area contributed by atoms with Gasteiger partial charge in [-0.1, -0.05) is 24.3 Å². The zero-order chi connectivity index (χ0) is 50.2. The van der Waals surface area contributed by atoms with Gasteiger partial charge in [0.05, 0.1) is 29.1 Å². The van der Waals surface area contributed by atoms with Crippen LogP contribution in [0.5, 0.6) is 23.0 Å². The highest BCUT2D eigenvalue weighted by Crippen LogP contribution is 2.57. The number of ether oxygens (including phenoxy) is 4. The van der Waals surface area contributed by atoms with E-state index in [-0.39, 0.29) is 70.3 Å². The molecule has 71 heavy (non-hydrogen) atoms. The minimum atomic E-state index is -1.57. The summed E-state index contributed by atoms with van der Waals surface area (Å²) in [5, 5.41) is 46.0. The van der Waals surface area contributed by atoms with Crippen LogP contribution in [0.2, 0.25) is 0 Å². The van der Waals surface area contributed by atoms with Crippen molar-refractivity contribution < 1.29 is 53.1 Å². The first-order valence-corrected chi connectivity index (χ1v) is 22.1. The molecule has 8 rings (SSSR count). The van der Waals surface area contributed by atoms with Gasteiger partial charge in [-0.2, -0.15) is 15.5 Å². The van der Waals surface area contributed by atoms with Crippen LogP contribution in [-0.2, 0) is 24.7 Å². The maximum Gasteiger partial charge on any atom is 0.348 e. The first-order valence-electron chi connectivity index (χ1n) is 21.7. The fourth-order valence-corrected chi connectivity index (χ4v) is 7.85. The van der Waals surface area contributed by atoms with Gasteiger partial charge in [-0.3, -0.25) is 9.59 Å². The van der Waals surface area contributed by atoms with E-state index >= 15 is 0 Å². The van der Waals surface area contributed by atoms with E-state index in [0.717, 1.165) is 5.69 Å². The fraction of sp³-hybridized carbons (Fsp3) is 0.135. The molecule has 1 amide bonds. The van der Waals surface area contributed by atoms with Gasteiger partial charge in [0.25, 0.3) is 5.91 Å². The number of nitrogens with zero attached hydrogens (tertiary/aromatic N) is 4. The van der Waals surface area contributed by atoms with E-state index in [1.165, 1.54) is 48.5 Å². The van der Waals surface area contributed by atoms with Crippen LogP contribution in [0.25, 0.3) is 6.08 Å². The van der Waals surface area contributed by atoms with E-state index < -0.39 is 41.6 Å². The van der Waals surface area contributed by atoms with Crippen molar-refractivity contribution in [1.29, 1.82) is 5.26 Å². The Labute approximate surface area is 410 Å². The molecule has 2 heterocycles. The lowest BCUT2D eigenvalue weighted by Crippen LogP contribution is -2.33. The Morgan fingerprint density at radius 3 is 2.23 bits per heavy atom. The van der Waals surface area contributed by atoms with Crippen LogP contribution in [0.15, 0.2) is 143 Å². The van der Waals surface area contributed by atoms with E-state index in [9.17, 15) is 34.3 Å². The van der Waals surface area contributed by atoms with Crippen LogP contribution in [0.4, 0.5) is 22.7 Å². The van der Waals surface area contributed by atoms with Gasteiger partial charge < -0.3 is 50.0 Å². The number of anilines is 2. The maximum absolute atomic E-state index is 13.8. The molecule has 2 aliphatic rings. The molecule has 0 bridgehead atoms. The van der Waals surface area contributed by atoms with E-state index in [4.69, 9.17) is 36.3 Å². The molecule has 6 aromatic rings. The summed E-state index contributed by atoms with van der Waals surface area (Å²) in [5.74, 6) is -3.76. The quantitative estimate of drug-likeness (QED) is 0.0123. The molecule has 0 saturated heterocycles. The minimum absolute atomic E-state index is 0.00727. The number of carboxylic acids is 1. The second-order valence-corrected chi connectivity index (χ2v) is 16.4. The maximum atomic E-state index is 13.8. The Bertz CT molecular complexity index is 3220. The van der Waals surface area contributed by atoms with E-state index in [0.29, 0.717) is 39.3 Å². The number of phenolic OH excluding ortho intramolecular Hbond substituents is 1. The van der Waals surface area contributed by atoms with Gasteiger partial charge in [0.15, 0.2) is 10.7 Å². The molecule has 1 atom stereocenters. The molecule has 1 spiro atoms. The first kappa shape index (κ1) is 48.1. The predicted molar refractivity (Wildman–Crippen MR) is 263 cm³/mol. The molecule has 5 N–H and O–H groups in total. The van der Waals surface area contributed by atoms with Crippen molar-refractivity contribution in [3.05, 3.63) is 172 Å². The molecule has 18 nitrogen and oxygen atoms in total. The molecule has 0 saturated carbocycles. The van der Waals surface area contributed by atoms with Crippen molar-refractivity contribution >= 4 is 75.9 Å². The summed E-state index contributed by atoms with van der Waals surface area (Å²) in [6.45, 7) is -0.366. The lowest BCUT2D eigenvalue weighted by Gasteiger charge is -2.36. The molecule has 0 aliphatic carbocycles. The fourth-order valence-electron chi connectivity index (χ4n) is 7.66. The number of aliphatic carboxylic acids is 1. The Kier molecular flexibility index (Phi) is 14.1. The largest absolute Gasteiger partial charge is 0.508 e. The van der Waals surface area contributed by atoms with Crippen LogP contribution >= 0.6 is 12.2 Å². The first-order chi connectivity index (χ1) is 34.2. The third-order valence-electron chi connectivity index (χ3n) is 11.1. The SMILES string of the molecule is CN(C)c1ccc(/N=N/c2ccc(C(=O)NCCCOC(=O)/C(C#N)=C/c3ccccc3C(=O)Oc3ccc4c(c3)Oc3cc(O)ccc3C43OC(=O)c4cc(NC(=S)NCC(=O)O)ccc43)cc2)cc1. The summed E-state index contributed by atoms with van der Waals surface area (Å²) in [4.78, 5) is 66.1. The Morgan fingerprint density at radius 2 is 1.52 bits per heavy atom. The van der Waals surface area contributed by atoms with Crippen LogP contribution in [0.3, 0.4) is 0 Å². The minimum Gasteiger partial charge on any atom is -0.508 e. The van der Waals surface area contributed by atoms with Crippen LogP contribution in [0, 0.1) is 11.3 Å². The Hall–Kier alpha value is -9.41. The summed E-state index contributed by atoms with van der Waals surface area (Å²) in [6.07, 6.45) is 1.45. The van der Waals surface area contributed by atoms with Gasteiger partial charge in [-0.25, -0.2) is 14.4 Å². The molecule has 0 aromatic heterocycles. The number of azo groups is 1. The second-order valence-electron chi connectivity index (χ2n) is 16.0. The smallest absolute Gasteiger partial charge is 0.348 e. The third-order valence-corrected chi connectivity index (χ3v) is 11.3. The van der Waals surface area contributed by atoms with Gasteiger partial charge in [-0.15, -0.1) is 0 Å². The van der Waals surface area contributed by atoms with Crippen molar-refractivity contribution in [2.45, 2.75) is 12.0 Å². The van der Waals surface area contributed by atoms with Crippen molar-refractivity contribution in [1.82, 2.24) is 10.6 Å². The van der Waals surface area contributed by atoms with Gasteiger partial charge >= 0.3 is 23.9 Å². The number of carbonyl (C=O) groups excluding carboxylic acids is 4. The van der Waals surface area contributed by atoms with Crippen LogP contribution < -0.4 is 30.3 Å². The predicted octanol–water partition coefficient (Wildman–Crippen LogP) is 8.30. The monoisotopic (exact) mass is 971 g/mol. The topological polar surface area (TPSA) is 251 Å². The molecule has 0 radical (unpaired) electrons. The van der Waals surface area contributed by atoms with Gasteiger partial charge in [-0.05, 0) is 121 Å². The van der Waals surface area contributed by atoms with E-state index in [1.54, 1.807) is 60.7 Å². The summed E-state index contributed by atoms with van der Waals surface area (Å²) >= 11 is 5.19. The summed E-state index contributed by atoms with van der Waals surface area (Å²) in [7, 11) is 3.90. The van der Waals surface area contributed by atoms with Crippen molar-refractivity contribution in [3.8, 4) is 29.1 Å². The lowest BCUT2D eigenvalue weighted by molar-refractivity contribution is -0.138. The molecule has 0 fully saturated rings. The lowest BCUT2D eigenvalue weighted by atomic mass is 9.77. The number of aromatic hydroxyl groups is 1. The van der Waals surface area contributed by atoms with Gasteiger partial charge in [0.1, 0.15) is 41.2 Å². The molecule has 1 unspecified atom stereocenters. The number of nitriles is 1. The van der Waals surface area contributed by atoms with Gasteiger partial charge in [0.2, 0.25) is 0 Å². The number of thiocarbonyl (C=S) groups is 1. The molecule has 356 valence electrons. The molecule has 2 aliphatic heterocycles. The number of hydrogen-bond donors (Lipinski definition) is 5. The number of carbonyl (C=O) groups is 5. The van der Waals surface area contributed by atoms with Crippen LogP contribution in [-0.4, -0.2) is 78.9 Å². The highest BCUT2D eigenvalue weighted by Gasteiger charge is 2.54.